The molecule has 2 N–H and O–H groups in total. The maximum atomic E-state index is 13.7. The van der Waals surface area contributed by atoms with Crippen molar-refractivity contribution in [2.24, 2.45) is 0 Å². The summed E-state index contributed by atoms with van der Waals surface area (Å²) in [5.74, 6) is 0.515. The van der Waals surface area contributed by atoms with Gasteiger partial charge in [-0.3, -0.25) is 14.1 Å². The van der Waals surface area contributed by atoms with Crippen LogP contribution < -0.4 is 5.69 Å². The van der Waals surface area contributed by atoms with Gasteiger partial charge in [0, 0.05) is 29.8 Å². The molecule has 0 saturated heterocycles. The number of hydrogen-bond donors (Lipinski definition) is 2. The molecule has 9 nitrogen and oxygen atoms in total. The molecule has 0 radical (unpaired) electrons. The number of tetrazole rings is 1. The van der Waals surface area contributed by atoms with Crippen LogP contribution in [0.15, 0.2) is 53.7 Å². The van der Waals surface area contributed by atoms with Gasteiger partial charge in [0.1, 0.15) is 0 Å². The number of aryl methyl sites for hydroxylation is 1. The van der Waals surface area contributed by atoms with Gasteiger partial charge in [-0.25, -0.2) is 4.79 Å². The maximum absolute atomic E-state index is 13.7. The molecule has 2 atom stereocenters. The summed E-state index contributed by atoms with van der Waals surface area (Å²) in [5.41, 5.74) is 4.65. The lowest BCUT2D eigenvalue weighted by atomic mass is 9.92. The number of benzene rings is 1. The van der Waals surface area contributed by atoms with Crippen LogP contribution in [0.5, 0.6) is 0 Å². The number of aliphatic hydroxyl groups excluding tert-OH is 1. The number of H-pyrrole nitrogens is 1. The molecule has 1 aliphatic carbocycles. The van der Waals surface area contributed by atoms with Crippen LogP contribution in [0.25, 0.3) is 22.5 Å². The van der Waals surface area contributed by atoms with Gasteiger partial charge in [0.25, 0.3) is 0 Å². The van der Waals surface area contributed by atoms with E-state index in [1.54, 1.807) is 10.8 Å². The summed E-state index contributed by atoms with van der Waals surface area (Å²) in [7, 11) is 0. The largest absolute Gasteiger partial charge is 0.391 e. The molecule has 182 valence electrons. The number of imidazole rings is 1. The molecule has 1 aliphatic rings. The number of nitrogens with zero attached hydrogens (tertiary/aromatic N) is 6. The summed E-state index contributed by atoms with van der Waals surface area (Å²) in [6, 6.07) is 9.71. The van der Waals surface area contributed by atoms with Crippen molar-refractivity contribution in [1.29, 1.82) is 0 Å². The smallest absolute Gasteiger partial charge is 0.329 e. The second-order valence-electron chi connectivity index (χ2n) is 9.23. The molecule has 2 unspecified atom stereocenters. The van der Waals surface area contributed by atoms with E-state index in [0.717, 1.165) is 72.9 Å². The monoisotopic (exact) mass is 473 g/mol. The molecular weight excluding hydrogens is 442 g/mol. The molecule has 0 amide bonds. The minimum atomic E-state index is -0.480. The minimum absolute atomic E-state index is 0.0664. The van der Waals surface area contributed by atoms with Crippen LogP contribution in [0.1, 0.15) is 62.7 Å². The number of unbranched alkanes of at least 4 members (excludes halogenated alkanes) is 1. The molecule has 4 aromatic rings. The molecule has 0 aliphatic heterocycles. The zero-order valence-corrected chi connectivity index (χ0v) is 20.0. The molecule has 1 fully saturated rings. The summed E-state index contributed by atoms with van der Waals surface area (Å²) in [6.07, 6.45) is 11.5. The molecule has 9 heteroatoms. The third kappa shape index (κ3) is 4.68. The van der Waals surface area contributed by atoms with E-state index < -0.39 is 6.10 Å². The Morgan fingerprint density at radius 2 is 1.94 bits per heavy atom. The van der Waals surface area contributed by atoms with Crippen LogP contribution in [0.3, 0.4) is 0 Å². The van der Waals surface area contributed by atoms with E-state index in [0.29, 0.717) is 12.4 Å². The number of aromatic nitrogens is 7. The van der Waals surface area contributed by atoms with Gasteiger partial charge in [0.15, 0.2) is 0 Å². The van der Waals surface area contributed by atoms with Crippen LogP contribution in [-0.4, -0.2) is 46.0 Å². The van der Waals surface area contributed by atoms with Gasteiger partial charge in [-0.15, -0.1) is 10.2 Å². The first-order chi connectivity index (χ1) is 17.2. The Balaban J connectivity index is 1.57. The maximum Gasteiger partial charge on any atom is 0.329 e. The van der Waals surface area contributed by atoms with Crippen LogP contribution in [0, 0.1) is 0 Å². The number of aliphatic hydroxyl groups is 1. The molecular formula is C26H31N7O2. The highest BCUT2D eigenvalue weighted by atomic mass is 16.3. The van der Waals surface area contributed by atoms with Crippen molar-refractivity contribution in [2.75, 3.05) is 0 Å². The zero-order valence-electron chi connectivity index (χ0n) is 20.0. The number of aromatic amines is 1. The Kier molecular flexibility index (Phi) is 6.85. The highest BCUT2D eigenvalue weighted by Crippen LogP contribution is 2.32. The minimum Gasteiger partial charge on any atom is -0.391 e. The average Bonchev–Trinajstić information content (AvgIpc) is 3.53. The predicted octanol–water partition coefficient (Wildman–Crippen LogP) is 3.76. The van der Waals surface area contributed by atoms with Crippen LogP contribution in [0.2, 0.25) is 0 Å². The normalized spacial score (nSPS) is 18.1. The number of rotatable bonds is 8. The molecule has 1 aromatic carbocycles. The summed E-state index contributed by atoms with van der Waals surface area (Å²) in [4.78, 5) is 18.0. The molecule has 35 heavy (non-hydrogen) atoms. The van der Waals surface area contributed by atoms with Crippen molar-refractivity contribution in [2.45, 2.75) is 70.6 Å². The summed E-state index contributed by atoms with van der Waals surface area (Å²) in [5, 5.41) is 25.2. The lowest BCUT2D eigenvalue weighted by molar-refractivity contribution is 0.0736. The van der Waals surface area contributed by atoms with Gasteiger partial charge in [-0.1, -0.05) is 50.5 Å². The van der Waals surface area contributed by atoms with Crippen molar-refractivity contribution < 1.29 is 5.11 Å². The SMILES string of the molecule is CCCCc1cn(C2CCCCC2O)c(=O)n1Cc1cnccc1-c1ccccc1-c1nn[nH]n1. The predicted molar refractivity (Wildman–Crippen MR) is 133 cm³/mol. The number of nitrogens with one attached hydrogen (secondary N) is 1. The Labute approximate surface area is 203 Å². The first kappa shape index (κ1) is 23.2. The van der Waals surface area contributed by atoms with Crippen molar-refractivity contribution in [3.05, 3.63) is 70.7 Å². The standard InChI is InChI=1S/C26H31N7O2/c1-2-3-8-19-17-33(23-11-6-7-12-24(23)34)26(35)32(19)16-18-15-27-14-13-20(18)21-9-4-5-10-22(21)25-28-30-31-29-25/h4-5,9-10,13-15,17,23-24,34H,2-3,6-8,11-12,16H2,1H3,(H,28,29,30,31). The molecule has 3 aromatic heterocycles. The average molecular weight is 474 g/mol. The zero-order chi connectivity index (χ0) is 24.2. The Bertz CT molecular complexity index is 1330. The van der Waals surface area contributed by atoms with E-state index in [1.165, 1.54) is 0 Å². The fraction of sp³-hybridized carbons (Fsp3) is 0.423. The lowest BCUT2D eigenvalue weighted by Crippen LogP contribution is -2.35. The van der Waals surface area contributed by atoms with Crippen molar-refractivity contribution in [3.8, 4) is 22.5 Å². The van der Waals surface area contributed by atoms with Gasteiger partial charge in [0.05, 0.1) is 18.7 Å². The van der Waals surface area contributed by atoms with Crippen LogP contribution in [0.4, 0.5) is 0 Å². The second-order valence-corrected chi connectivity index (χ2v) is 9.23. The van der Waals surface area contributed by atoms with Gasteiger partial charge in [-0.2, -0.15) is 5.21 Å². The van der Waals surface area contributed by atoms with E-state index >= 15 is 0 Å². The molecule has 0 spiro atoms. The third-order valence-electron chi connectivity index (χ3n) is 6.96. The van der Waals surface area contributed by atoms with Gasteiger partial charge < -0.3 is 5.11 Å². The molecule has 5 rings (SSSR count). The summed E-state index contributed by atoms with van der Waals surface area (Å²) in [6.45, 7) is 2.55. The highest BCUT2D eigenvalue weighted by Gasteiger charge is 2.28. The summed E-state index contributed by atoms with van der Waals surface area (Å²) >= 11 is 0. The third-order valence-corrected chi connectivity index (χ3v) is 6.96. The number of pyridine rings is 1. The lowest BCUT2D eigenvalue weighted by Gasteiger charge is -2.27. The van der Waals surface area contributed by atoms with E-state index in [2.05, 4.69) is 32.5 Å². The van der Waals surface area contributed by atoms with E-state index in [9.17, 15) is 9.90 Å². The topological polar surface area (TPSA) is 115 Å². The van der Waals surface area contributed by atoms with Crippen molar-refractivity contribution in [1.82, 2.24) is 34.7 Å². The fourth-order valence-corrected chi connectivity index (χ4v) is 5.10. The second kappa shape index (κ2) is 10.4. The van der Waals surface area contributed by atoms with E-state index in [4.69, 9.17) is 0 Å². The molecule has 1 saturated carbocycles. The van der Waals surface area contributed by atoms with Gasteiger partial charge in [0.2, 0.25) is 5.82 Å². The Morgan fingerprint density at radius 3 is 2.71 bits per heavy atom. The van der Waals surface area contributed by atoms with Gasteiger partial charge in [-0.05, 0) is 53.7 Å². The van der Waals surface area contributed by atoms with E-state index in [-0.39, 0.29) is 11.7 Å². The Morgan fingerprint density at radius 1 is 1.11 bits per heavy atom. The first-order valence-corrected chi connectivity index (χ1v) is 12.4. The first-order valence-electron chi connectivity index (χ1n) is 12.4. The number of hydrogen-bond acceptors (Lipinski definition) is 6. The molecule has 0 bridgehead atoms. The summed E-state index contributed by atoms with van der Waals surface area (Å²) < 4.78 is 3.63. The van der Waals surface area contributed by atoms with Crippen LogP contribution in [-0.2, 0) is 13.0 Å². The van der Waals surface area contributed by atoms with Crippen molar-refractivity contribution in [3.63, 3.8) is 0 Å². The Hall–Kier alpha value is -3.59. The fourth-order valence-electron chi connectivity index (χ4n) is 5.10. The quantitative estimate of drug-likeness (QED) is 0.403. The van der Waals surface area contributed by atoms with Gasteiger partial charge >= 0.3 is 5.69 Å². The van der Waals surface area contributed by atoms with Crippen LogP contribution >= 0.6 is 0 Å². The van der Waals surface area contributed by atoms with E-state index in [1.807, 2.05) is 47.3 Å². The van der Waals surface area contributed by atoms with Crippen molar-refractivity contribution >= 4 is 0 Å². The molecule has 3 heterocycles. The highest BCUT2D eigenvalue weighted by molar-refractivity contribution is 5.81.